The summed E-state index contributed by atoms with van der Waals surface area (Å²) < 4.78 is 33.0. The van der Waals surface area contributed by atoms with E-state index in [1.54, 1.807) is 31.5 Å². The van der Waals surface area contributed by atoms with Crippen LogP contribution in [0.15, 0.2) is 41.4 Å². The fourth-order valence-electron chi connectivity index (χ4n) is 3.54. The molecular weight excluding hydrogens is 362 g/mol. The van der Waals surface area contributed by atoms with Crippen molar-refractivity contribution in [2.75, 3.05) is 23.8 Å². The third-order valence-electron chi connectivity index (χ3n) is 5.16. The van der Waals surface area contributed by atoms with Gasteiger partial charge < -0.3 is 9.64 Å². The van der Waals surface area contributed by atoms with E-state index in [1.165, 1.54) is 38.2 Å². The topological polar surface area (TPSA) is 71.5 Å². The Bertz CT molecular complexity index is 876. The average Bonchev–Trinajstić information content (AvgIpc) is 2.68. The molecule has 6 nitrogen and oxygen atoms in total. The van der Waals surface area contributed by atoms with E-state index >= 15 is 0 Å². The molecule has 1 saturated carbocycles. The highest BCUT2D eigenvalue weighted by atomic mass is 32.2. The Morgan fingerprint density at radius 3 is 2.48 bits per heavy atom. The van der Waals surface area contributed by atoms with Crippen LogP contribution in [0, 0.1) is 6.92 Å². The molecule has 0 radical (unpaired) electrons. The van der Waals surface area contributed by atoms with Crippen LogP contribution in [0.3, 0.4) is 0 Å². The van der Waals surface area contributed by atoms with Gasteiger partial charge in [-0.2, -0.15) is 0 Å². The zero-order chi connectivity index (χ0) is 19.4. The van der Waals surface area contributed by atoms with Gasteiger partial charge in [-0.3, -0.25) is 4.72 Å². The van der Waals surface area contributed by atoms with Gasteiger partial charge in [-0.25, -0.2) is 13.4 Å². The lowest BCUT2D eigenvalue weighted by molar-refractivity contribution is 0.411. The Morgan fingerprint density at radius 1 is 1.15 bits per heavy atom. The molecule has 146 valence electrons. The summed E-state index contributed by atoms with van der Waals surface area (Å²) in [5, 5.41) is 0. The second-order valence-corrected chi connectivity index (χ2v) is 8.73. The first-order valence-electron chi connectivity index (χ1n) is 9.27. The number of nitrogens with one attached hydrogen (secondary N) is 1. The molecule has 0 bridgehead atoms. The number of pyridine rings is 1. The molecule has 3 rings (SSSR count). The van der Waals surface area contributed by atoms with E-state index in [-0.39, 0.29) is 4.90 Å². The van der Waals surface area contributed by atoms with Crippen LogP contribution in [0.25, 0.3) is 0 Å². The molecule has 27 heavy (non-hydrogen) atoms. The number of hydrogen-bond acceptors (Lipinski definition) is 5. The first-order chi connectivity index (χ1) is 12.9. The molecule has 1 fully saturated rings. The molecular formula is C20H27N3O3S. The minimum absolute atomic E-state index is 0.198. The predicted molar refractivity (Wildman–Crippen MR) is 108 cm³/mol. The van der Waals surface area contributed by atoms with Crippen molar-refractivity contribution in [1.29, 1.82) is 0 Å². The van der Waals surface area contributed by atoms with Crippen LogP contribution in [0.5, 0.6) is 5.75 Å². The number of aromatic nitrogens is 1. The number of hydrogen-bond donors (Lipinski definition) is 1. The van der Waals surface area contributed by atoms with Crippen LogP contribution in [-0.2, 0) is 10.0 Å². The standard InChI is InChI=1S/C20H27N3O3S/c1-15-13-18(10-11-19(15)26-3)27(24,25)22-16-9-12-20(21-14-16)23(2)17-7-5-4-6-8-17/h9-14,17,22H,4-8H2,1-3H3. The van der Waals surface area contributed by atoms with Crippen LogP contribution in [0.2, 0.25) is 0 Å². The van der Waals surface area contributed by atoms with Gasteiger partial charge in [0, 0.05) is 13.1 Å². The zero-order valence-corrected chi connectivity index (χ0v) is 16.9. The van der Waals surface area contributed by atoms with Crippen molar-refractivity contribution in [3.8, 4) is 5.75 Å². The maximum absolute atomic E-state index is 12.6. The Labute approximate surface area is 161 Å². The lowest BCUT2D eigenvalue weighted by Gasteiger charge is -2.32. The molecule has 1 N–H and O–H groups in total. The number of benzene rings is 1. The summed E-state index contributed by atoms with van der Waals surface area (Å²) in [6.45, 7) is 1.81. The lowest BCUT2D eigenvalue weighted by atomic mass is 9.94. The van der Waals surface area contributed by atoms with Gasteiger partial charge in [-0.1, -0.05) is 19.3 Å². The van der Waals surface area contributed by atoms with Gasteiger partial charge in [0.15, 0.2) is 0 Å². The fraction of sp³-hybridized carbons (Fsp3) is 0.450. The van der Waals surface area contributed by atoms with Gasteiger partial charge in [0.25, 0.3) is 10.0 Å². The minimum atomic E-state index is -3.67. The van der Waals surface area contributed by atoms with Crippen molar-refractivity contribution >= 4 is 21.5 Å². The number of ether oxygens (including phenoxy) is 1. The minimum Gasteiger partial charge on any atom is -0.496 e. The Morgan fingerprint density at radius 2 is 1.89 bits per heavy atom. The SMILES string of the molecule is COc1ccc(S(=O)(=O)Nc2ccc(N(C)C3CCCCC3)nc2)cc1C. The normalized spacial score (nSPS) is 15.4. The summed E-state index contributed by atoms with van der Waals surface area (Å²) in [5.41, 5.74) is 1.22. The molecule has 2 aromatic rings. The van der Waals surface area contributed by atoms with Crippen LogP contribution in [-0.4, -0.2) is 33.6 Å². The van der Waals surface area contributed by atoms with Crippen molar-refractivity contribution in [2.45, 2.75) is 50.0 Å². The van der Waals surface area contributed by atoms with Crippen molar-refractivity contribution < 1.29 is 13.2 Å². The van der Waals surface area contributed by atoms with Crippen molar-refractivity contribution in [2.24, 2.45) is 0 Å². The van der Waals surface area contributed by atoms with E-state index in [4.69, 9.17) is 4.74 Å². The average molecular weight is 390 g/mol. The van der Waals surface area contributed by atoms with E-state index in [9.17, 15) is 8.42 Å². The quantitative estimate of drug-likeness (QED) is 0.809. The fourth-order valence-corrected chi connectivity index (χ4v) is 4.67. The summed E-state index contributed by atoms with van der Waals surface area (Å²) in [5.74, 6) is 1.52. The first-order valence-corrected chi connectivity index (χ1v) is 10.8. The van der Waals surface area contributed by atoms with Crippen molar-refractivity contribution in [1.82, 2.24) is 4.98 Å². The number of nitrogens with zero attached hydrogens (tertiary/aromatic N) is 2. The number of aryl methyl sites for hydroxylation is 1. The molecule has 1 aromatic heterocycles. The molecule has 1 aliphatic carbocycles. The molecule has 0 unspecified atom stereocenters. The number of anilines is 2. The first kappa shape index (κ1) is 19.5. The van der Waals surface area contributed by atoms with Gasteiger partial charge in [0.1, 0.15) is 11.6 Å². The monoisotopic (exact) mass is 389 g/mol. The van der Waals surface area contributed by atoms with Crippen LogP contribution >= 0.6 is 0 Å². The highest BCUT2D eigenvalue weighted by Crippen LogP contribution is 2.26. The molecule has 7 heteroatoms. The summed E-state index contributed by atoms with van der Waals surface area (Å²) in [4.78, 5) is 6.85. The number of sulfonamides is 1. The van der Waals surface area contributed by atoms with Gasteiger partial charge >= 0.3 is 0 Å². The Kier molecular flexibility index (Phi) is 5.89. The van der Waals surface area contributed by atoms with E-state index in [0.29, 0.717) is 17.5 Å². The molecule has 1 aromatic carbocycles. The van der Waals surface area contributed by atoms with Crippen molar-refractivity contribution in [3.05, 3.63) is 42.1 Å². The lowest BCUT2D eigenvalue weighted by Crippen LogP contribution is -2.33. The second-order valence-electron chi connectivity index (χ2n) is 7.04. The van der Waals surface area contributed by atoms with Gasteiger partial charge in [-0.15, -0.1) is 0 Å². The van der Waals surface area contributed by atoms with E-state index in [1.807, 2.05) is 13.0 Å². The third-order valence-corrected chi connectivity index (χ3v) is 6.54. The second kappa shape index (κ2) is 8.17. The molecule has 0 saturated heterocycles. The molecule has 1 aliphatic rings. The third kappa shape index (κ3) is 4.53. The van der Waals surface area contributed by atoms with Crippen LogP contribution in [0.1, 0.15) is 37.7 Å². The predicted octanol–water partition coefficient (Wildman–Crippen LogP) is 3.97. The summed E-state index contributed by atoms with van der Waals surface area (Å²) in [6, 6.07) is 8.93. The smallest absolute Gasteiger partial charge is 0.261 e. The van der Waals surface area contributed by atoms with Crippen LogP contribution in [0.4, 0.5) is 11.5 Å². The van der Waals surface area contributed by atoms with E-state index in [0.717, 1.165) is 11.4 Å². The summed E-state index contributed by atoms with van der Waals surface area (Å²) in [7, 11) is -0.0539. The Balaban J connectivity index is 1.72. The van der Waals surface area contributed by atoms with Gasteiger partial charge in [0.2, 0.25) is 0 Å². The van der Waals surface area contributed by atoms with E-state index < -0.39 is 10.0 Å². The highest BCUT2D eigenvalue weighted by molar-refractivity contribution is 7.92. The molecule has 0 aliphatic heterocycles. The molecule has 0 spiro atoms. The molecule has 0 atom stereocenters. The summed E-state index contributed by atoms with van der Waals surface area (Å²) in [6.07, 6.45) is 7.76. The van der Waals surface area contributed by atoms with Gasteiger partial charge in [-0.05, 0) is 55.7 Å². The summed E-state index contributed by atoms with van der Waals surface area (Å²) >= 11 is 0. The largest absolute Gasteiger partial charge is 0.496 e. The Hall–Kier alpha value is -2.28. The van der Waals surface area contributed by atoms with Gasteiger partial charge in [0.05, 0.1) is 23.9 Å². The van der Waals surface area contributed by atoms with Crippen LogP contribution < -0.4 is 14.4 Å². The van der Waals surface area contributed by atoms with Crippen molar-refractivity contribution in [3.63, 3.8) is 0 Å². The molecule has 1 heterocycles. The number of rotatable bonds is 6. The highest BCUT2D eigenvalue weighted by Gasteiger charge is 2.20. The number of methoxy groups -OCH3 is 1. The van der Waals surface area contributed by atoms with E-state index in [2.05, 4.69) is 21.7 Å². The maximum atomic E-state index is 12.6. The zero-order valence-electron chi connectivity index (χ0n) is 16.1. The maximum Gasteiger partial charge on any atom is 0.261 e. The molecule has 0 amide bonds.